The molecule has 0 aromatic heterocycles. The highest BCUT2D eigenvalue weighted by Crippen LogP contribution is 2.04. The Bertz CT molecular complexity index is 228. The highest BCUT2D eigenvalue weighted by Gasteiger charge is 2.10. The Kier molecular flexibility index (Phi) is 3.74. The van der Waals surface area contributed by atoms with Crippen LogP contribution in [0.25, 0.3) is 0 Å². The number of carbonyl (C=O) groups excluding carboxylic acids is 1. The minimum Gasteiger partial charge on any atom is -0.350 e. The number of amides is 1. The van der Waals surface area contributed by atoms with Gasteiger partial charge in [-0.1, -0.05) is 38.2 Å². The van der Waals surface area contributed by atoms with E-state index in [0.29, 0.717) is 12.3 Å². The summed E-state index contributed by atoms with van der Waals surface area (Å²) in [4.78, 5) is 11.4. The van der Waals surface area contributed by atoms with Crippen LogP contribution in [-0.2, 0) is 4.79 Å². The summed E-state index contributed by atoms with van der Waals surface area (Å²) in [6.45, 7) is 4.10. The minimum absolute atomic E-state index is 0.153. The molecule has 0 aromatic rings. The largest absolute Gasteiger partial charge is 0.350 e. The Hall–Kier alpha value is -1.05. The first kappa shape index (κ1) is 10.0. The molecule has 1 atom stereocenters. The molecule has 1 amide bonds. The molecule has 0 bridgehead atoms. The molecule has 0 saturated carbocycles. The van der Waals surface area contributed by atoms with E-state index in [9.17, 15) is 4.79 Å². The second kappa shape index (κ2) is 4.85. The number of hydrogen-bond donors (Lipinski definition) is 1. The molecule has 0 heterocycles. The van der Waals surface area contributed by atoms with Crippen LogP contribution >= 0.6 is 0 Å². The van der Waals surface area contributed by atoms with E-state index in [1.165, 1.54) is 0 Å². The quantitative estimate of drug-likeness (QED) is 0.705. The lowest BCUT2D eigenvalue weighted by atomic mass is 10.1. The normalized spacial score (nSPS) is 20.7. The molecule has 1 unspecified atom stereocenters. The van der Waals surface area contributed by atoms with Gasteiger partial charge in [0.25, 0.3) is 0 Å². The molecule has 0 radical (unpaired) electrons. The molecule has 0 aromatic carbocycles. The van der Waals surface area contributed by atoms with Crippen LogP contribution in [0.3, 0.4) is 0 Å². The molecular formula is C11H17NO. The molecular weight excluding hydrogens is 162 g/mol. The molecule has 72 valence electrons. The summed E-state index contributed by atoms with van der Waals surface area (Å²) < 4.78 is 0. The van der Waals surface area contributed by atoms with Crippen molar-refractivity contribution in [3.8, 4) is 0 Å². The van der Waals surface area contributed by atoms with Crippen molar-refractivity contribution in [2.45, 2.75) is 32.7 Å². The van der Waals surface area contributed by atoms with Gasteiger partial charge in [0.2, 0.25) is 5.91 Å². The van der Waals surface area contributed by atoms with Crippen molar-refractivity contribution in [2.24, 2.45) is 5.92 Å². The average molecular weight is 179 g/mol. The summed E-state index contributed by atoms with van der Waals surface area (Å²) >= 11 is 0. The number of allylic oxidation sites excluding steroid dienone is 2. The molecule has 1 N–H and O–H groups in total. The van der Waals surface area contributed by atoms with Crippen LogP contribution in [0, 0.1) is 5.92 Å². The number of hydrogen-bond acceptors (Lipinski definition) is 1. The fourth-order valence-electron chi connectivity index (χ4n) is 1.32. The highest BCUT2D eigenvalue weighted by molar-refractivity contribution is 5.76. The Morgan fingerprint density at radius 3 is 2.85 bits per heavy atom. The maximum absolute atomic E-state index is 11.4. The van der Waals surface area contributed by atoms with Crippen molar-refractivity contribution in [3.63, 3.8) is 0 Å². The lowest BCUT2D eigenvalue weighted by Crippen LogP contribution is -2.34. The predicted octanol–water partition coefficient (Wildman–Crippen LogP) is 2.03. The van der Waals surface area contributed by atoms with Crippen molar-refractivity contribution < 1.29 is 4.79 Å². The van der Waals surface area contributed by atoms with Gasteiger partial charge in [-0.15, -0.1) is 0 Å². The Morgan fingerprint density at radius 2 is 2.31 bits per heavy atom. The van der Waals surface area contributed by atoms with Crippen LogP contribution in [0.5, 0.6) is 0 Å². The zero-order valence-electron chi connectivity index (χ0n) is 8.29. The highest BCUT2D eigenvalue weighted by atomic mass is 16.1. The Morgan fingerprint density at radius 1 is 1.54 bits per heavy atom. The zero-order valence-corrected chi connectivity index (χ0v) is 8.29. The van der Waals surface area contributed by atoms with Crippen LogP contribution < -0.4 is 5.32 Å². The monoisotopic (exact) mass is 179 g/mol. The van der Waals surface area contributed by atoms with Crippen LogP contribution in [0.4, 0.5) is 0 Å². The van der Waals surface area contributed by atoms with Crippen molar-refractivity contribution in [1.29, 1.82) is 0 Å². The van der Waals surface area contributed by atoms with Gasteiger partial charge in [0, 0.05) is 6.42 Å². The van der Waals surface area contributed by atoms with Crippen LogP contribution in [-0.4, -0.2) is 11.9 Å². The van der Waals surface area contributed by atoms with Gasteiger partial charge in [-0.25, -0.2) is 0 Å². The third kappa shape index (κ3) is 3.92. The molecule has 13 heavy (non-hydrogen) atoms. The predicted molar refractivity (Wildman–Crippen MR) is 54.3 cm³/mol. The molecule has 0 aliphatic heterocycles. The molecule has 2 nitrogen and oxygen atoms in total. The number of nitrogens with one attached hydrogen (secondary N) is 1. The Balaban J connectivity index is 2.28. The topological polar surface area (TPSA) is 29.1 Å². The van der Waals surface area contributed by atoms with E-state index in [1.54, 1.807) is 0 Å². The lowest BCUT2D eigenvalue weighted by Gasteiger charge is -2.15. The minimum atomic E-state index is 0.153. The molecule has 2 heteroatoms. The van der Waals surface area contributed by atoms with Crippen LogP contribution in [0.1, 0.15) is 26.7 Å². The fraction of sp³-hybridized carbons (Fsp3) is 0.545. The third-order valence-electron chi connectivity index (χ3n) is 1.92. The van der Waals surface area contributed by atoms with Gasteiger partial charge >= 0.3 is 0 Å². The second-order valence-electron chi connectivity index (χ2n) is 3.82. The molecule has 0 fully saturated rings. The average Bonchev–Trinajstić information content (AvgIpc) is 2.04. The van der Waals surface area contributed by atoms with Crippen molar-refractivity contribution >= 4 is 5.91 Å². The molecule has 1 aliphatic carbocycles. The first-order valence-electron chi connectivity index (χ1n) is 4.81. The van der Waals surface area contributed by atoms with E-state index in [2.05, 4.69) is 25.2 Å². The maximum Gasteiger partial charge on any atom is 0.220 e. The van der Waals surface area contributed by atoms with Crippen molar-refractivity contribution in [1.82, 2.24) is 5.32 Å². The summed E-state index contributed by atoms with van der Waals surface area (Å²) in [5.41, 5.74) is 0. The van der Waals surface area contributed by atoms with Gasteiger partial charge in [0.05, 0.1) is 6.04 Å². The van der Waals surface area contributed by atoms with E-state index < -0.39 is 0 Å². The SMILES string of the molecule is CC(C)CC(=O)NC1C=CC=CC1. The van der Waals surface area contributed by atoms with Gasteiger partial charge in [-0.05, 0) is 12.3 Å². The summed E-state index contributed by atoms with van der Waals surface area (Å²) in [5, 5.41) is 2.97. The van der Waals surface area contributed by atoms with Gasteiger partial charge < -0.3 is 5.32 Å². The lowest BCUT2D eigenvalue weighted by molar-refractivity contribution is -0.122. The van der Waals surface area contributed by atoms with Crippen molar-refractivity contribution in [3.05, 3.63) is 24.3 Å². The first-order chi connectivity index (χ1) is 6.18. The van der Waals surface area contributed by atoms with E-state index in [0.717, 1.165) is 6.42 Å². The summed E-state index contributed by atoms with van der Waals surface area (Å²) in [6.07, 6.45) is 9.61. The van der Waals surface area contributed by atoms with E-state index in [-0.39, 0.29) is 11.9 Å². The van der Waals surface area contributed by atoms with Gasteiger partial charge in [0.1, 0.15) is 0 Å². The summed E-state index contributed by atoms with van der Waals surface area (Å²) in [7, 11) is 0. The van der Waals surface area contributed by atoms with E-state index >= 15 is 0 Å². The molecule has 1 aliphatic rings. The van der Waals surface area contributed by atoms with E-state index in [4.69, 9.17) is 0 Å². The smallest absolute Gasteiger partial charge is 0.220 e. The standard InChI is InChI=1S/C11H17NO/c1-9(2)8-11(13)12-10-6-4-3-5-7-10/h3-6,9-10H,7-8H2,1-2H3,(H,12,13). The maximum atomic E-state index is 11.4. The molecule has 0 spiro atoms. The second-order valence-corrected chi connectivity index (χ2v) is 3.82. The fourth-order valence-corrected chi connectivity index (χ4v) is 1.32. The van der Waals surface area contributed by atoms with Gasteiger partial charge in [-0.3, -0.25) is 4.79 Å². The third-order valence-corrected chi connectivity index (χ3v) is 1.92. The molecule has 1 rings (SSSR count). The van der Waals surface area contributed by atoms with Crippen LogP contribution in [0.2, 0.25) is 0 Å². The molecule has 0 saturated heterocycles. The van der Waals surface area contributed by atoms with Crippen LogP contribution in [0.15, 0.2) is 24.3 Å². The first-order valence-corrected chi connectivity index (χ1v) is 4.81. The van der Waals surface area contributed by atoms with E-state index in [1.807, 2.05) is 18.2 Å². The van der Waals surface area contributed by atoms with Gasteiger partial charge in [-0.2, -0.15) is 0 Å². The summed E-state index contributed by atoms with van der Waals surface area (Å²) in [6, 6.07) is 0.205. The Labute approximate surface area is 79.7 Å². The van der Waals surface area contributed by atoms with Crippen molar-refractivity contribution in [2.75, 3.05) is 0 Å². The number of rotatable bonds is 3. The zero-order chi connectivity index (χ0) is 9.68. The summed E-state index contributed by atoms with van der Waals surface area (Å²) in [5.74, 6) is 0.586. The number of carbonyl (C=O) groups is 1. The van der Waals surface area contributed by atoms with Gasteiger partial charge in [0.15, 0.2) is 0 Å².